The van der Waals surface area contributed by atoms with Crippen molar-refractivity contribution >= 4 is 21.8 Å². The van der Waals surface area contributed by atoms with Crippen LogP contribution in [-0.2, 0) is 11.0 Å². The highest BCUT2D eigenvalue weighted by atomic mass is 32.2. The largest absolute Gasteiger partial charge is 0.492 e. The first kappa shape index (κ1) is 18.6. The van der Waals surface area contributed by atoms with Crippen molar-refractivity contribution in [2.75, 3.05) is 6.61 Å². The van der Waals surface area contributed by atoms with Crippen LogP contribution in [-0.4, -0.2) is 16.9 Å². The first-order valence-electron chi connectivity index (χ1n) is 8.92. The van der Waals surface area contributed by atoms with Gasteiger partial charge in [-0.3, -0.25) is 0 Å². The fourth-order valence-corrected chi connectivity index (χ4v) is 3.73. The smallest absolute Gasteiger partial charge is 0.125 e. The van der Waals surface area contributed by atoms with E-state index in [1.54, 1.807) is 0 Å². The summed E-state index contributed by atoms with van der Waals surface area (Å²) in [6.07, 6.45) is 0. The molecule has 26 heavy (non-hydrogen) atoms. The van der Waals surface area contributed by atoms with E-state index in [1.165, 1.54) is 5.56 Å². The second kappa shape index (κ2) is 8.47. The van der Waals surface area contributed by atoms with Gasteiger partial charge in [-0.1, -0.05) is 56.3 Å². The zero-order valence-corrected chi connectivity index (χ0v) is 16.3. The molecule has 1 N–H and O–H groups in total. The lowest BCUT2D eigenvalue weighted by Gasteiger charge is -2.15. The molecule has 2 atom stereocenters. The SMILES string of the molecule is CC(C)c1ccc(OC[C@H](C)N[S@@](=O)c2ccc3ccccc3c2)cc1. The van der Waals surface area contributed by atoms with Crippen LogP contribution in [0.25, 0.3) is 10.8 Å². The van der Waals surface area contributed by atoms with Crippen molar-refractivity contribution in [3.8, 4) is 5.75 Å². The number of ether oxygens (including phenoxy) is 1. The van der Waals surface area contributed by atoms with Gasteiger partial charge in [0.05, 0.1) is 10.9 Å². The lowest BCUT2D eigenvalue weighted by Crippen LogP contribution is -2.33. The molecule has 0 spiro atoms. The van der Waals surface area contributed by atoms with E-state index >= 15 is 0 Å². The van der Waals surface area contributed by atoms with Crippen LogP contribution in [0.4, 0.5) is 0 Å². The zero-order chi connectivity index (χ0) is 18.5. The molecule has 0 radical (unpaired) electrons. The van der Waals surface area contributed by atoms with Crippen LogP contribution in [0.15, 0.2) is 71.6 Å². The molecular weight excluding hydrogens is 342 g/mol. The van der Waals surface area contributed by atoms with Gasteiger partial charge in [0.2, 0.25) is 0 Å². The maximum Gasteiger partial charge on any atom is 0.125 e. The quantitative estimate of drug-likeness (QED) is 0.635. The van der Waals surface area contributed by atoms with Crippen molar-refractivity contribution in [2.24, 2.45) is 0 Å². The molecule has 0 unspecified atom stereocenters. The zero-order valence-electron chi connectivity index (χ0n) is 15.4. The summed E-state index contributed by atoms with van der Waals surface area (Å²) in [5.74, 6) is 1.34. The van der Waals surface area contributed by atoms with Crippen LogP contribution in [0.2, 0.25) is 0 Å². The van der Waals surface area contributed by atoms with Gasteiger partial charge in [0.15, 0.2) is 0 Å². The van der Waals surface area contributed by atoms with E-state index in [-0.39, 0.29) is 6.04 Å². The number of hydrogen-bond acceptors (Lipinski definition) is 2. The summed E-state index contributed by atoms with van der Waals surface area (Å²) in [7, 11) is -1.27. The summed E-state index contributed by atoms with van der Waals surface area (Å²) >= 11 is 0. The summed E-state index contributed by atoms with van der Waals surface area (Å²) in [4.78, 5) is 0.775. The van der Waals surface area contributed by atoms with E-state index in [2.05, 4.69) is 36.8 Å². The van der Waals surface area contributed by atoms with E-state index in [1.807, 2.05) is 55.5 Å². The van der Waals surface area contributed by atoms with Gasteiger partial charge in [-0.15, -0.1) is 0 Å². The van der Waals surface area contributed by atoms with Crippen LogP contribution in [0.3, 0.4) is 0 Å². The lowest BCUT2D eigenvalue weighted by molar-refractivity contribution is 0.289. The summed E-state index contributed by atoms with van der Waals surface area (Å²) in [6, 6.07) is 22.1. The van der Waals surface area contributed by atoms with E-state index < -0.39 is 11.0 Å². The highest BCUT2D eigenvalue weighted by Gasteiger charge is 2.10. The Kier molecular flexibility index (Phi) is 6.07. The van der Waals surface area contributed by atoms with Crippen LogP contribution < -0.4 is 9.46 Å². The van der Waals surface area contributed by atoms with E-state index in [0.717, 1.165) is 21.4 Å². The molecular formula is C22H25NO2S. The maximum absolute atomic E-state index is 12.6. The highest BCUT2D eigenvalue weighted by Crippen LogP contribution is 2.19. The summed E-state index contributed by atoms with van der Waals surface area (Å²) in [5, 5.41) is 2.24. The monoisotopic (exact) mass is 367 g/mol. The fraction of sp³-hybridized carbons (Fsp3) is 0.273. The topological polar surface area (TPSA) is 38.3 Å². The third kappa shape index (κ3) is 4.71. The molecule has 0 aromatic heterocycles. The molecule has 0 amide bonds. The maximum atomic E-state index is 12.6. The van der Waals surface area contributed by atoms with Crippen molar-refractivity contribution in [2.45, 2.75) is 37.6 Å². The van der Waals surface area contributed by atoms with Crippen LogP contribution in [0.5, 0.6) is 5.75 Å². The molecule has 0 heterocycles. The second-order valence-electron chi connectivity index (χ2n) is 6.83. The van der Waals surface area contributed by atoms with Crippen LogP contribution in [0, 0.1) is 0 Å². The Morgan fingerprint density at radius 1 is 0.923 bits per heavy atom. The minimum Gasteiger partial charge on any atom is -0.492 e. The van der Waals surface area contributed by atoms with Gasteiger partial charge in [0.25, 0.3) is 0 Å². The normalized spacial score (nSPS) is 13.7. The summed E-state index contributed by atoms with van der Waals surface area (Å²) in [6.45, 7) is 6.77. The Morgan fingerprint density at radius 2 is 1.62 bits per heavy atom. The van der Waals surface area contributed by atoms with Crippen molar-refractivity contribution in [3.63, 3.8) is 0 Å². The van der Waals surface area contributed by atoms with Crippen molar-refractivity contribution in [1.29, 1.82) is 0 Å². The molecule has 3 nitrogen and oxygen atoms in total. The number of fused-ring (bicyclic) bond motifs is 1. The molecule has 0 bridgehead atoms. The van der Waals surface area contributed by atoms with Crippen LogP contribution >= 0.6 is 0 Å². The van der Waals surface area contributed by atoms with Crippen LogP contribution in [0.1, 0.15) is 32.3 Å². The Bertz CT molecular complexity index is 890. The minimum atomic E-state index is -1.27. The standard InChI is InChI=1S/C22H25NO2S/c1-16(2)18-8-11-21(12-9-18)25-15-17(3)23-26(24)22-13-10-19-6-4-5-7-20(19)14-22/h4-14,16-17,23H,15H2,1-3H3/t17-,26-/m0/s1. The van der Waals surface area contributed by atoms with Gasteiger partial charge in [-0.2, -0.15) is 0 Å². The molecule has 0 saturated carbocycles. The molecule has 0 aliphatic rings. The summed E-state index contributed by atoms with van der Waals surface area (Å²) in [5.41, 5.74) is 1.29. The average molecular weight is 368 g/mol. The van der Waals surface area contributed by atoms with Crippen molar-refractivity contribution < 1.29 is 8.95 Å². The Balaban J connectivity index is 1.56. The van der Waals surface area contributed by atoms with E-state index in [4.69, 9.17) is 4.74 Å². The molecule has 136 valence electrons. The van der Waals surface area contributed by atoms with E-state index in [9.17, 15) is 4.21 Å². The third-order valence-electron chi connectivity index (χ3n) is 4.29. The number of benzene rings is 3. The summed E-state index contributed by atoms with van der Waals surface area (Å²) < 4.78 is 21.5. The molecule has 0 aliphatic heterocycles. The van der Waals surface area contributed by atoms with Gasteiger partial charge in [0.1, 0.15) is 23.3 Å². The Morgan fingerprint density at radius 3 is 2.31 bits per heavy atom. The lowest BCUT2D eigenvalue weighted by atomic mass is 10.0. The van der Waals surface area contributed by atoms with Crippen molar-refractivity contribution in [1.82, 2.24) is 4.72 Å². The first-order valence-corrected chi connectivity index (χ1v) is 10.1. The molecule has 0 fully saturated rings. The number of nitrogens with one attached hydrogen (secondary N) is 1. The molecule has 4 heteroatoms. The molecule has 0 saturated heterocycles. The first-order chi connectivity index (χ1) is 12.5. The van der Waals surface area contributed by atoms with Crippen molar-refractivity contribution in [3.05, 3.63) is 72.3 Å². The molecule has 3 aromatic carbocycles. The van der Waals surface area contributed by atoms with Gasteiger partial charge < -0.3 is 4.74 Å². The number of hydrogen-bond donors (Lipinski definition) is 1. The fourth-order valence-electron chi connectivity index (χ4n) is 2.74. The van der Waals surface area contributed by atoms with Gasteiger partial charge in [0, 0.05) is 0 Å². The highest BCUT2D eigenvalue weighted by molar-refractivity contribution is 7.83. The molecule has 3 rings (SSSR count). The van der Waals surface area contributed by atoms with Gasteiger partial charge in [-0.05, 0) is 53.4 Å². The average Bonchev–Trinajstić information content (AvgIpc) is 2.66. The predicted molar refractivity (Wildman–Crippen MR) is 109 cm³/mol. The van der Waals surface area contributed by atoms with Gasteiger partial charge >= 0.3 is 0 Å². The second-order valence-corrected chi connectivity index (χ2v) is 8.08. The molecule has 0 aliphatic carbocycles. The predicted octanol–water partition coefficient (Wildman–Crippen LogP) is 5.04. The van der Waals surface area contributed by atoms with Gasteiger partial charge in [-0.25, -0.2) is 8.93 Å². The van der Waals surface area contributed by atoms with E-state index in [0.29, 0.717) is 12.5 Å². The Labute approximate surface area is 158 Å². The minimum absolute atomic E-state index is 0.0351. The molecule has 3 aromatic rings. The third-order valence-corrected chi connectivity index (χ3v) is 5.59. The number of rotatable bonds is 7. The Hall–Kier alpha value is -2.17.